The van der Waals surface area contributed by atoms with Crippen molar-refractivity contribution in [3.63, 3.8) is 0 Å². The van der Waals surface area contributed by atoms with Gasteiger partial charge in [0.1, 0.15) is 6.04 Å². The summed E-state index contributed by atoms with van der Waals surface area (Å²) in [7, 11) is -3.66. The van der Waals surface area contributed by atoms with Crippen LogP contribution in [0.4, 0.5) is 0 Å². The van der Waals surface area contributed by atoms with Gasteiger partial charge in [0, 0.05) is 32.6 Å². The quantitative estimate of drug-likeness (QED) is 0.495. The molecule has 0 aromatic heterocycles. The molecular formula is C9H16N4O4S. The fraction of sp³-hybridized carbons (Fsp3) is 0.778. The Hall–Kier alpha value is -1.03. The normalized spacial score (nSPS) is 27.0. The summed E-state index contributed by atoms with van der Waals surface area (Å²) < 4.78 is 27.6. The van der Waals surface area contributed by atoms with Crippen molar-refractivity contribution in [3.05, 3.63) is 0 Å². The van der Waals surface area contributed by atoms with Crippen molar-refractivity contribution in [3.8, 4) is 0 Å². The van der Waals surface area contributed by atoms with E-state index in [1.165, 1.54) is 4.31 Å². The Morgan fingerprint density at radius 1 is 1.22 bits per heavy atom. The van der Waals surface area contributed by atoms with Gasteiger partial charge in [-0.05, 0) is 6.42 Å². The molecule has 0 radical (unpaired) electrons. The van der Waals surface area contributed by atoms with E-state index in [1.807, 2.05) is 0 Å². The molecular weight excluding hydrogens is 260 g/mol. The van der Waals surface area contributed by atoms with Gasteiger partial charge in [-0.1, -0.05) is 0 Å². The molecule has 18 heavy (non-hydrogen) atoms. The van der Waals surface area contributed by atoms with E-state index in [9.17, 15) is 18.0 Å². The highest BCUT2D eigenvalue weighted by molar-refractivity contribution is 7.87. The first-order chi connectivity index (χ1) is 8.49. The van der Waals surface area contributed by atoms with Crippen molar-refractivity contribution in [2.45, 2.75) is 18.9 Å². The summed E-state index contributed by atoms with van der Waals surface area (Å²) in [5.41, 5.74) is 0. The minimum Gasteiger partial charge on any atom is -0.314 e. The molecule has 1 atom stereocenters. The molecule has 1 unspecified atom stereocenters. The zero-order valence-corrected chi connectivity index (χ0v) is 10.6. The van der Waals surface area contributed by atoms with Crippen LogP contribution in [0.1, 0.15) is 12.8 Å². The van der Waals surface area contributed by atoms with Crippen molar-refractivity contribution in [2.75, 3.05) is 26.2 Å². The van der Waals surface area contributed by atoms with E-state index in [-0.39, 0.29) is 18.7 Å². The Morgan fingerprint density at radius 3 is 2.50 bits per heavy atom. The Labute approximate surface area is 105 Å². The molecule has 0 aliphatic carbocycles. The number of imide groups is 1. The average molecular weight is 276 g/mol. The van der Waals surface area contributed by atoms with Crippen LogP contribution >= 0.6 is 0 Å². The van der Waals surface area contributed by atoms with Crippen LogP contribution in [0.15, 0.2) is 0 Å². The van der Waals surface area contributed by atoms with Crippen molar-refractivity contribution in [2.24, 2.45) is 0 Å². The number of carbonyl (C=O) groups excluding carboxylic acids is 2. The third-order valence-corrected chi connectivity index (χ3v) is 4.57. The molecule has 9 heteroatoms. The summed E-state index contributed by atoms with van der Waals surface area (Å²) in [6.45, 7) is 1.94. The van der Waals surface area contributed by atoms with Gasteiger partial charge in [-0.15, -0.1) is 0 Å². The van der Waals surface area contributed by atoms with Gasteiger partial charge in [-0.3, -0.25) is 14.9 Å². The van der Waals surface area contributed by atoms with Crippen LogP contribution in [0.25, 0.3) is 0 Å². The zero-order chi connectivity index (χ0) is 13.2. The van der Waals surface area contributed by atoms with Gasteiger partial charge in [-0.2, -0.15) is 17.4 Å². The summed E-state index contributed by atoms with van der Waals surface area (Å²) in [5, 5.41) is 5.17. The fourth-order valence-electron chi connectivity index (χ4n) is 1.94. The monoisotopic (exact) mass is 276 g/mol. The van der Waals surface area contributed by atoms with Gasteiger partial charge >= 0.3 is 0 Å². The number of nitrogens with one attached hydrogen (secondary N) is 3. The van der Waals surface area contributed by atoms with Gasteiger partial charge in [0.05, 0.1) is 0 Å². The number of piperazine rings is 1. The van der Waals surface area contributed by atoms with E-state index in [1.54, 1.807) is 0 Å². The molecule has 0 aromatic carbocycles. The standard InChI is InChI=1S/C9H16N4O4S/c14-8-2-1-7(9(15)11-8)12-18(16,17)13-5-3-10-4-6-13/h7,10,12H,1-6H2,(H,11,14,15). The number of amides is 2. The van der Waals surface area contributed by atoms with E-state index in [2.05, 4.69) is 15.4 Å². The molecule has 2 heterocycles. The Kier molecular flexibility index (Phi) is 3.95. The van der Waals surface area contributed by atoms with Crippen molar-refractivity contribution in [1.82, 2.24) is 19.7 Å². The first-order valence-corrected chi connectivity index (χ1v) is 7.25. The number of carbonyl (C=O) groups is 2. The summed E-state index contributed by atoms with van der Waals surface area (Å²) >= 11 is 0. The molecule has 2 saturated heterocycles. The average Bonchev–Trinajstić information content (AvgIpc) is 2.34. The van der Waals surface area contributed by atoms with Crippen LogP contribution in [-0.4, -0.2) is 56.8 Å². The number of hydrogen-bond donors (Lipinski definition) is 3. The number of piperidine rings is 1. The van der Waals surface area contributed by atoms with Gasteiger partial charge in [-0.25, -0.2) is 0 Å². The SMILES string of the molecule is O=C1CCC(NS(=O)(=O)N2CCNCC2)C(=O)N1. The first-order valence-electron chi connectivity index (χ1n) is 5.81. The van der Waals surface area contributed by atoms with Crippen molar-refractivity contribution in [1.29, 1.82) is 0 Å². The lowest BCUT2D eigenvalue weighted by molar-refractivity contribution is -0.134. The predicted octanol–water partition coefficient (Wildman–Crippen LogP) is -2.47. The first kappa shape index (κ1) is 13.4. The third kappa shape index (κ3) is 3.05. The molecule has 2 amide bonds. The lowest BCUT2D eigenvalue weighted by atomic mass is 10.1. The largest absolute Gasteiger partial charge is 0.314 e. The van der Waals surface area contributed by atoms with Crippen LogP contribution in [0.2, 0.25) is 0 Å². The number of hydrogen-bond acceptors (Lipinski definition) is 5. The van der Waals surface area contributed by atoms with Gasteiger partial charge in [0.15, 0.2) is 0 Å². The van der Waals surface area contributed by atoms with Gasteiger partial charge in [0.2, 0.25) is 11.8 Å². The molecule has 102 valence electrons. The molecule has 0 bridgehead atoms. The van der Waals surface area contributed by atoms with E-state index < -0.39 is 22.2 Å². The molecule has 2 fully saturated rings. The second kappa shape index (κ2) is 5.31. The van der Waals surface area contributed by atoms with Crippen LogP contribution in [0.3, 0.4) is 0 Å². The van der Waals surface area contributed by atoms with Crippen molar-refractivity contribution >= 4 is 22.0 Å². The molecule has 0 aromatic rings. The number of rotatable bonds is 3. The topological polar surface area (TPSA) is 108 Å². The molecule has 0 saturated carbocycles. The van der Waals surface area contributed by atoms with E-state index >= 15 is 0 Å². The van der Waals surface area contributed by atoms with Crippen molar-refractivity contribution < 1.29 is 18.0 Å². The molecule has 2 aliphatic rings. The molecule has 8 nitrogen and oxygen atoms in total. The Bertz CT molecular complexity index is 443. The minimum absolute atomic E-state index is 0.153. The highest BCUT2D eigenvalue weighted by Gasteiger charge is 2.33. The van der Waals surface area contributed by atoms with Crippen LogP contribution in [0, 0.1) is 0 Å². The van der Waals surface area contributed by atoms with Gasteiger partial charge in [0.25, 0.3) is 10.2 Å². The summed E-state index contributed by atoms with van der Waals surface area (Å²) in [6.07, 6.45) is 0.358. The van der Waals surface area contributed by atoms with Crippen LogP contribution in [-0.2, 0) is 19.8 Å². The minimum atomic E-state index is -3.66. The molecule has 2 aliphatic heterocycles. The second-order valence-electron chi connectivity index (χ2n) is 4.28. The second-order valence-corrected chi connectivity index (χ2v) is 5.98. The summed E-state index contributed by atoms with van der Waals surface area (Å²) in [6, 6.07) is -0.859. The lowest BCUT2D eigenvalue weighted by Crippen LogP contribution is -2.57. The maximum Gasteiger partial charge on any atom is 0.280 e. The summed E-state index contributed by atoms with van der Waals surface area (Å²) in [4.78, 5) is 22.4. The van der Waals surface area contributed by atoms with E-state index in [0.29, 0.717) is 26.2 Å². The molecule has 0 spiro atoms. The number of nitrogens with zero attached hydrogens (tertiary/aromatic N) is 1. The molecule has 2 rings (SSSR count). The maximum atomic E-state index is 12.0. The maximum absolute atomic E-state index is 12.0. The fourth-order valence-corrected chi connectivity index (χ4v) is 3.34. The van der Waals surface area contributed by atoms with Crippen LogP contribution < -0.4 is 15.4 Å². The molecule has 3 N–H and O–H groups in total. The summed E-state index contributed by atoms with van der Waals surface area (Å²) in [5.74, 6) is -0.942. The highest BCUT2D eigenvalue weighted by atomic mass is 32.2. The highest BCUT2D eigenvalue weighted by Crippen LogP contribution is 2.08. The Balaban J connectivity index is 1.99. The third-order valence-electron chi connectivity index (χ3n) is 2.95. The zero-order valence-electron chi connectivity index (χ0n) is 9.81. The van der Waals surface area contributed by atoms with Crippen LogP contribution in [0.5, 0.6) is 0 Å². The predicted molar refractivity (Wildman–Crippen MR) is 62.7 cm³/mol. The smallest absolute Gasteiger partial charge is 0.280 e. The van der Waals surface area contributed by atoms with Gasteiger partial charge < -0.3 is 5.32 Å². The Morgan fingerprint density at radius 2 is 1.89 bits per heavy atom. The lowest BCUT2D eigenvalue weighted by Gasteiger charge is -2.29. The van der Waals surface area contributed by atoms with E-state index in [0.717, 1.165) is 0 Å². The van der Waals surface area contributed by atoms with E-state index in [4.69, 9.17) is 0 Å².